The molecule has 0 aliphatic carbocycles. The summed E-state index contributed by atoms with van der Waals surface area (Å²) in [6, 6.07) is 16.6. The van der Waals surface area contributed by atoms with Crippen LogP contribution in [0.25, 0.3) is 0 Å². The zero-order valence-corrected chi connectivity index (χ0v) is 17.4. The van der Waals surface area contributed by atoms with Crippen LogP contribution in [0.2, 0.25) is 0 Å². The van der Waals surface area contributed by atoms with Gasteiger partial charge in [-0.25, -0.2) is 9.97 Å². The van der Waals surface area contributed by atoms with Crippen molar-refractivity contribution in [2.75, 3.05) is 39.2 Å². The topological polar surface area (TPSA) is 85.8 Å². The van der Waals surface area contributed by atoms with E-state index in [-0.39, 0.29) is 12.0 Å². The summed E-state index contributed by atoms with van der Waals surface area (Å²) in [5.41, 5.74) is 1.15. The quantitative estimate of drug-likeness (QED) is 0.654. The van der Waals surface area contributed by atoms with Crippen LogP contribution in [0.5, 0.6) is 11.5 Å². The van der Waals surface area contributed by atoms with Gasteiger partial charge in [-0.05, 0) is 36.4 Å². The average Bonchev–Trinajstić information content (AvgIpc) is 2.84. The van der Waals surface area contributed by atoms with Gasteiger partial charge in [-0.1, -0.05) is 18.2 Å². The van der Waals surface area contributed by atoms with E-state index >= 15 is 0 Å². The zero-order valence-electron chi connectivity index (χ0n) is 17.4. The summed E-state index contributed by atoms with van der Waals surface area (Å²) in [6.07, 6.45) is 1.37. The Bertz CT molecular complexity index is 1020. The van der Waals surface area contributed by atoms with Crippen molar-refractivity contribution < 1.29 is 19.0 Å². The fourth-order valence-corrected chi connectivity index (χ4v) is 3.50. The summed E-state index contributed by atoms with van der Waals surface area (Å²) in [6.45, 7) is 1.26. The number of benzene rings is 1. The summed E-state index contributed by atoms with van der Waals surface area (Å²) < 4.78 is 16.7. The van der Waals surface area contributed by atoms with Gasteiger partial charge in [0, 0.05) is 12.7 Å². The lowest BCUT2D eigenvalue weighted by Gasteiger charge is -2.33. The molecule has 8 nitrogen and oxygen atoms in total. The second-order valence-electron chi connectivity index (χ2n) is 6.94. The predicted molar refractivity (Wildman–Crippen MR) is 116 cm³/mol. The predicted octanol–water partition coefficient (Wildman–Crippen LogP) is 3.45. The standard InChI is InChI=1S/C23H24N4O4/c1-29-17-8-6-9-18(30-2)22(17)23(28)27-13-14-31-19(15-27)16-7-5-11-21(25-16)26-20-10-3-4-12-24-20/h3-12,19H,13-15H2,1-2H3,(H,24,25,26)/t19-/m0/s1. The number of ether oxygens (including phenoxy) is 3. The fraction of sp³-hybridized carbons (Fsp3) is 0.261. The van der Waals surface area contributed by atoms with Crippen molar-refractivity contribution in [3.63, 3.8) is 0 Å². The lowest BCUT2D eigenvalue weighted by atomic mass is 10.1. The number of hydrogen-bond donors (Lipinski definition) is 1. The third-order valence-electron chi connectivity index (χ3n) is 5.02. The van der Waals surface area contributed by atoms with Crippen LogP contribution >= 0.6 is 0 Å². The number of morpholine rings is 1. The van der Waals surface area contributed by atoms with E-state index < -0.39 is 0 Å². The number of methoxy groups -OCH3 is 2. The number of carbonyl (C=O) groups excluding carboxylic acids is 1. The average molecular weight is 420 g/mol. The first-order valence-electron chi connectivity index (χ1n) is 9.96. The number of nitrogens with one attached hydrogen (secondary N) is 1. The van der Waals surface area contributed by atoms with Gasteiger partial charge < -0.3 is 24.4 Å². The van der Waals surface area contributed by atoms with Gasteiger partial charge in [-0.15, -0.1) is 0 Å². The Morgan fingerprint density at radius 3 is 2.48 bits per heavy atom. The Kier molecular flexibility index (Phi) is 6.28. The molecular weight excluding hydrogens is 396 g/mol. The fourth-order valence-electron chi connectivity index (χ4n) is 3.50. The molecule has 0 radical (unpaired) electrons. The molecule has 1 aliphatic heterocycles. The van der Waals surface area contributed by atoms with Crippen molar-refractivity contribution in [3.05, 3.63) is 72.1 Å². The first-order chi connectivity index (χ1) is 15.2. The van der Waals surface area contributed by atoms with Gasteiger partial charge in [0.2, 0.25) is 0 Å². The van der Waals surface area contributed by atoms with E-state index in [4.69, 9.17) is 14.2 Å². The summed E-state index contributed by atoms with van der Waals surface area (Å²) in [5.74, 6) is 2.16. The summed E-state index contributed by atoms with van der Waals surface area (Å²) in [4.78, 5) is 24.0. The van der Waals surface area contributed by atoms with Gasteiger partial charge in [0.15, 0.2) is 0 Å². The van der Waals surface area contributed by atoms with Crippen molar-refractivity contribution >= 4 is 17.5 Å². The highest BCUT2D eigenvalue weighted by Crippen LogP contribution is 2.31. The van der Waals surface area contributed by atoms with E-state index in [9.17, 15) is 4.79 Å². The highest BCUT2D eigenvalue weighted by molar-refractivity contribution is 5.99. The molecule has 1 N–H and O–H groups in total. The van der Waals surface area contributed by atoms with Crippen LogP contribution in [0.3, 0.4) is 0 Å². The third-order valence-corrected chi connectivity index (χ3v) is 5.02. The minimum absolute atomic E-state index is 0.162. The number of anilines is 2. The van der Waals surface area contributed by atoms with E-state index in [1.807, 2.05) is 36.4 Å². The molecular formula is C23H24N4O4. The van der Waals surface area contributed by atoms with Crippen LogP contribution in [0.1, 0.15) is 22.2 Å². The summed E-state index contributed by atoms with van der Waals surface area (Å²) in [7, 11) is 3.08. The maximum absolute atomic E-state index is 13.3. The molecule has 31 heavy (non-hydrogen) atoms. The number of aromatic nitrogens is 2. The third kappa shape index (κ3) is 4.59. The highest BCUT2D eigenvalue weighted by atomic mass is 16.5. The summed E-state index contributed by atoms with van der Waals surface area (Å²) >= 11 is 0. The molecule has 2 aromatic heterocycles. The molecule has 1 amide bonds. The van der Waals surface area contributed by atoms with Crippen molar-refractivity contribution in [2.45, 2.75) is 6.10 Å². The van der Waals surface area contributed by atoms with Gasteiger partial charge in [0.1, 0.15) is 34.8 Å². The number of pyridine rings is 2. The minimum Gasteiger partial charge on any atom is -0.496 e. The van der Waals surface area contributed by atoms with Crippen molar-refractivity contribution in [2.24, 2.45) is 0 Å². The van der Waals surface area contributed by atoms with Crippen molar-refractivity contribution in [3.8, 4) is 11.5 Å². The lowest BCUT2D eigenvalue weighted by Crippen LogP contribution is -2.42. The molecule has 0 bridgehead atoms. The molecule has 1 aromatic carbocycles. The molecule has 160 valence electrons. The molecule has 0 saturated carbocycles. The van der Waals surface area contributed by atoms with E-state index in [0.717, 1.165) is 5.69 Å². The number of rotatable bonds is 6. The molecule has 1 saturated heterocycles. The SMILES string of the molecule is COc1cccc(OC)c1C(=O)N1CCO[C@H](c2cccc(Nc3ccccn3)n2)C1. The molecule has 1 atom stereocenters. The minimum atomic E-state index is -0.344. The maximum Gasteiger partial charge on any atom is 0.261 e. The second kappa shape index (κ2) is 9.44. The van der Waals surface area contributed by atoms with Gasteiger partial charge in [-0.2, -0.15) is 0 Å². The number of amides is 1. The lowest BCUT2D eigenvalue weighted by molar-refractivity contribution is -0.0248. The molecule has 3 heterocycles. The highest BCUT2D eigenvalue weighted by Gasteiger charge is 2.30. The molecule has 4 rings (SSSR count). The number of hydrogen-bond acceptors (Lipinski definition) is 7. The number of carbonyl (C=O) groups is 1. The van der Waals surface area contributed by atoms with E-state index in [1.165, 1.54) is 14.2 Å². The molecule has 1 aliphatic rings. The number of nitrogens with zero attached hydrogens (tertiary/aromatic N) is 3. The Morgan fingerprint density at radius 1 is 1.03 bits per heavy atom. The van der Waals surface area contributed by atoms with Crippen molar-refractivity contribution in [1.29, 1.82) is 0 Å². The van der Waals surface area contributed by atoms with Crippen LogP contribution < -0.4 is 14.8 Å². The Hall–Kier alpha value is -3.65. The van der Waals surface area contributed by atoms with E-state index in [0.29, 0.717) is 48.4 Å². The van der Waals surface area contributed by atoms with Crippen LogP contribution in [-0.2, 0) is 4.74 Å². The molecule has 0 spiro atoms. The van der Waals surface area contributed by atoms with Crippen LogP contribution in [0, 0.1) is 0 Å². The van der Waals surface area contributed by atoms with Crippen molar-refractivity contribution in [1.82, 2.24) is 14.9 Å². The maximum atomic E-state index is 13.3. The largest absolute Gasteiger partial charge is 0.496 e. The molecule has 0 unspecified atom stereocenters. The van der Waals surface area contributed by atoms with Gasteiger partial charge in [0.05, 0.1) is 33.1 Å². The molecule has 1 fully saturated rings. The van der Waals surface area contributed by atoms with E-state index in [1.54, 1.807) is 29.3 Å². The first-order valence-corrected chi connectivity index (χ1v) is 9.96. The summed E-state index contributed by atoms with van der Waals surface area (Å²) in [5, 5.41) is 3.18. The second-order valence-corrected chi connectivity index (χ2v) is 6.94. The van der Waals surface area contributed by atoms with Gasteiger partial charge >= 0.3 is 0 Å². The van der Waals surface area contributed by atoms with Crippen LogP contribution in [0.4, 0.5) is 11.6 Å². The van der Waals surface area contributed by atoms with Crippen LogP contribution in [-0.4, -0.2) is 54.7 Å². The smallest absolute Gasteiger partial charge is 0.261 e. The molecule has 3 aromatic rings. The van der Waals surface area contributed by atoms with Crippen LogP contribution in [0.15, 0.2) is 60.8 Å². The first kappa shape index (κ1) is 20.6. The van der Waals surface area contributed by atoms with Gasteiger partial charge in [0.25, 0.3) is 5.91 Å². The Labute approximate surface area is 180 Å². The molecule has 8 heteroatoms. The monoisotopic (exact) mass is 420 g/mol. The zero-order chi connectivity index (χ0) is 21.6. The van der Waals surface area contributed by atoms with Gasteiger partial charge in [-0.3, -0.25) is 4.79 Å². The normalized spacial score (nSPS) is 15.9. The Morgan fingerprint density at radius 2 is 1.77 bits per heavy atom. The Balaban J connectivity index is 1.53. The van der Waals surface area contributed by atoms with E-state index in [2.05, 4.69) is 15.3 Å².